The van der Waals surface area contributed by atoms with E-state index in [1.54, 1.807) is 11.2 Å². The first kappa shape index (κ1) is 17.0. The van der Waals surface area contributed by atoms with E-state index in [1.807, 2.05) is 37.3 Å². The van der Waals surface area contributed by atoms with Crippen LogP contribution in [0, 0.1) is 6.92 Å². The Bertz CT molecular complexity index is 797. The van der Waals surface area contributed by atoms with Crippen LogP contribution in [0.1, 0.15) is 37.5 Å². The first-order chi connectivity index (χ1) is 11.4. The molecule has 1 aromatic heterocycles. The van der Waals surface area contributed by atoms with Gasteiger partial charge in [-0.25, -0.2) is 8.42 Å². The van der Waals surface area contributed by atoms with Crippen LogP contribution in [-0.4, -0.2) is 30.0 Å². The van der Waals surface area contributed by atoms with Crippen LogP contribution in [0.15, 0.2) is 39.8 Å². The second-order valence-electron chi connectivity index (χ2n) is 6.37. The van der Waals surface area contributed by atoms with Crippen LogP contribution in [0.25, 0.3) is 0 Å². The second-order valence-corrected chi connectivity index (χ2v) is 8.17. The van der Waals surface area contributed by atoms with E-state index < -0.39 is 15.6 Å². The van der Waals surface area contributed by atoms with Crippen molar-refractivity contribution in [2.75, 3.05) is 12.3 Å². The highest BCUT2D eigenvalue weighted by Crippen LogP contribution is 2.41. The van der Waals surface area contributed by atoms with Crippen molar-refractivity contribution in [2.24, 2.45) is 0 Å². The van der Waals surface area contributed by atoms with Gasteiger partial charge in [0.15, 0.2) is 16.5 Å². The van der Waals surface area contributed by atoms with Gasteiger partial charge in [-0.05, 0) is 38.2 Å². The average Bonchev–Trinajstić information content (AvgIpc) is 3.13. The molecule has 1 unspecified atom stereocenters. The number of aryl methyl sites for hydroxylation is 1. The Hall–Kier alpha value is -1.86. The van der Waals surface area contributed by atoms with Gasteiger partial charge in [0, 0.05) is 12.1 Å². The lowest BCUT2D eigenvalue weighted by Crippen LogP contribution is -2.48. The zero-order valence-corrected chi connectivity index (χ0v) is 14.8. The van der Waals surface area contributed by atoms with Crippen molar-refractivity contribution in [1.29, 1.82) is 0 Å². The molecule has 3 rings (SSSR count). The highest BCUT2D eigenvalue weighted by molar-refractivity contribution is 7.89. The molecular weight excluding hydrogens is 326 g/mol. The minimum atomic E-state index is -3.74. The topological polar surface area (TPSA) is 89.4 Å². The van der Waals surface area contributed by atoms with Gasteiger partial charge in [0.2, 0.25) is 0 Å². The summed E-state index contributed by atoms with van der Waals surface area (Å²) in [6, 6.07) is 10.0. The molecule has 7 heteroatoms. The van der Waals surface area contributed by atoms with Gasteiger partial charge in [0.1, 0.15) is 0 Å². The summed E-state index contributed by atoms with van der Waals surface area (Å²) >= 11 is 0. The molecule has 2 aromatic rings. The number of nitrogen functional groups attached to an aromatic ring is 1. The van der Waals surface area contributed by atoms with E-state index >= 15 is 0 Å². The van der Waals surface area contributed by atoms with E-state index in [2.05, 4.69) is 5.16 Å². The maximum atomic E-state index is 13.2. The third-order valence-corrected chi connectivity index (χ3v) is 7.11. The SMILES string of the molecule is CCC1(Cc2ccccc2)CCCN1S(=O)(=O)c1c(N)noc1C. The Balaban J connectivity index is 2.02. The largest absolute Gasteiger partial charge is 0.380 e. The predicted octanol–water partition coefficient (Wildman–Crippen LogP) is 2.74. The third-order valence-electron chi connectivity index (χ3n) is 4.95. The number of rotatable bonds is 5. The zero-order valence-electron chi connectivity index (χ0n) is 14.0. The number of hydrogen-bond acceptors (Lipinski definition) is 5. The van der Waals surface area contributed by atoms with Crippen LogP contribution in [0.4, 0.5) is 5.82 Å². The van der Waals surface area contributed by atoms with Crippen molar-refractivity contribution in [3.63, 3.8) is 0 Å². The lowest BCUT2D eigenvalue weighted by molar-refractivity contribution is 0.229. The molecule has 1 aliphatic rings. The number of nitrogens with two attached hydrogens (primary N) is 1. The Morgan fingerprint density at radius 3 is 2.62 bits per heavy atom. The smallest absolute Gasteiger partial charge is 0.250 e. The van der Waals surface area contributed by atoms with E-state index in [9.17, 15) is 8.42 Å². The lowest BCUT2D eigenvalue weighted by Gasteiger charge is -2.37. The molecule has 0 spiro atoms. The molecule has 130 valence electrons. The number of sulfonamides is 1. The Morgan fingerprint density at radius 1 is 1.33 bits per heavy atom. The number of aromatic nitrogens is 1. The Kier molecular flexibility index (Phi) is 4.40. The van der Waals surface area contributed by atoms with Crippen LogP contribution >= 0.6 is 0 Å². The maximum absolute atomic E-state index is 13.2. The summed E-state index contributed by atoms with van der Waals surface area (Å²) in [6.45, 7) is 4.12. The van der Waals surface area contributed by atoms with E-state index in [1.165, 1.54) is 0 Å². The predicted molar refractivity (Wildman–Crippen MR) is 91.9 cm³/mol. The highest BCUT2D eigenvalue weighted by atomic mass is 32.2. The average molecular weight is 349 g/mol. The van der Waals surface area contributed by atoms with Crippen LogP contribution in [0.5, 0.6) is 0 Å². The van der Waals surface area contributed by atoms with Crippen molar-refractivity contribution >= 4 is 15.8 Å². The summed E-state index contributed by atoms with van der Waals surface area (Å²) in [5.41, 5.74) is 6.47. The normalized spacial score (nSPS) is 22.1. The molecule has 6 nitrogen and oxygen atoms in total. The summed E-state index contributed by atoms with van der Waals surface area (Å²) < 4.78 is 33.1. The van der Waals surface area contributed by atoms with Crippen LogP contribution in [-0.2, 0) is 16.4 Å². The summed E-state index contributed by atoms with van der Waals surface area (Å²) in [7, 11) is -3.74. The van der Waals surface area contributed by atoms with E-state index in [0.717, 1.165) is 24.8 Å². The fourth-order valence-electron chi connectivity index (χ4n) is 3.72. The molecule has 0 bridgehead atoms. The quantitative estimate of drug-likeness (QED) is 0.896. The second kappa shape index (κ2) is 6.22. The zero-order chi connectivity index (χ0) is 17.4. The molecule has 0 saturated carbocycles. The van der Waals surface area contributed by atoms with Gasteiger partial charge >= 0.3 is 0 Å². The fourth-order valence-corrected chi connectivity index (χ4v) is 5.81. The molecule has 0 aliphatic carbocycles. The van der Waals surface area contributed by atoms with Crippen molar-refractivity contribution in [3.8, 4) is 0 Å². The lowest BCUT2D eigenvalue weighted by atomic mass is 9.87. The molecule has 2 N–H and O–H groups in total. The van der Waals surface area contributed by atoms with Crippen LogP contribution < -0.4 is 5.73 Å². The van der Waals surface area contributed by atoms with Crippen LogP contribution in [0.2, 0.25) is 0 Å². The first-order valence-electron chi connectivity index (χ1n) is 8.19. The Labute approximate surface area is 142 Å². The van der Waals surface area contributed by atoms with Gasteiger partial charge in [-0.3, -0.25) is 0 Å². The van der Waals surface area contributed by atoms with Crippen molar-refractivity contribution in [3.05, 3.63) is 41.7 Å². The van der Waals surface area contributed by atoms with Gasteiger partial charge in [0.05, 0.1) is 0 Å². The molecule has 1 atom stereocenters. The van der Waals surface area contributed by atoms with Crippen molar-refractivity contribution in [1.82, 2.24) is 9.46 Å². The number of anilines is 1. The molecule has 1 fully saturated rings. The van der Waals surface area contributed by atoms with Gasteiger partial charge in [-0.1, -0.05) is 42.4 Å². The summed E-state index contributed by atoms with van der Waals surface area (Å²) in [6.07, 6.45) is 3.10. The number of hydrogen-bond donors (Lipinski definition) is 1. The standard InChI is InChI=1S/C17H23N3O3S/c1-3-17(12-14-8-5-4-6-9-14)10-7-11-20(17)24(21,22)15-13(2)23-19-16(15)18/h4-6,8-9H,3,7,10-12H2,1-2H3,(H2,18,19). The van der Waals surface area contributed by atoms with E-state index in [-0.39, 0.29) is 16.5 Å². The first-order valence-corrected chi connectivity index (χ1v) is 9.63. The highest BCUT2D eigenvalue weighted by Gasteiger charge is 2.48. The van der Waals surface area contributed by atoms with Gasteiger partial charge < -0.3 is 10.3 Å². The van der Waals surface area contributed by atoms with E-state index in [4.69, 9.17) is 10.3 Å². The summed E-state index contributed by atoms with van der Waals surface area (Å²) in [5, 5.41) is 3.61. The van der Waals surface area contributed by atoms with Crippen molar-refractivity contribution < 1.29 is 12.9 Å². The minimum Gasteiger partial charge on any atom is -0.380 e. The summed E-state index contributed by atoms with van der Waals surface area (Å²) in [4.78, 5) is 0.00952. The Morgan fingerprint density at radius 2 is 2.04 bits per heavy atom. The number of benzene rings is 1. The van der Waals surface area contributed by atoms with Crippen LogP contribution in [0.3, 0.4) is 0 Å². The molecule has 1 saturated heterocycles. The molecule has 0 radical (unpaired) electrons. The monoisotopic (exact) mass is 349 g/mol. The molecule has 1 aliphatic heterocycles. The van der Waals surface area contributed by atoms with Gasteiger partial charge in [-0.15, -0.1) is 0 Å². The number of nitrogens with zero attached hydrogens (tertiary/aromatic N) is 2. The summed E-state index contributed by atoms with van der Waals surface area (Å²) in [5.74, 6) is 0.174. The molecule has 2 heterocycles. The van der Waals surface area contributed by atoms with Gasteiger partial charge in [-0.2, -0.15) is 4.31 Å². The van der Waals surface area contributed by atoms with E-state index in [0.29, 0.717) is 13.0 Å². The molecule has 1 aromatic carbocycles. The van der Waals surface area contributed by atoms with Gasteiger partial charge in [0.25, 0.3) is 10.0 Å². The van der Waals surface area contributed by atoms with Crippen molar-refractivity contribution in [2.45, 2.75) is 50.0 Å². The minimum absolute atomic E-state index is 0.00952. The molecular formula is C17H23N3O3S. The maximum Gasteiger partial charge on any atom is 0.250 e. The third kappa shape index (κ3) is 2.71. The molecule has 0 amide bonds. The fraction of sp³-hybridized carbons (Fsp3) is 0.471. The molecule has 24 heavy (non-hydrogen) atoms.